The van der Waals surface area contributed by atoms with Crippen molar-refractivity contribution in [3.63, 3.8) is 0 Å². The van der Waals surface area contributed by atoms with Crippen LogP contribution in [0.15, 0.2) is 72.3 Å². The highest BCUT2D eigenvalue weighted by Gasteiger charge is 2.32. The predicted molar refractivity (Wildman–Crippen MR) is 121 cm³/mol. The van der Waals surface area contributed by atoms with E-state index in [9.17, 15) is 14.0 Å². The molecule has 0 radical (unpaired) electrons. The number of halogens is 2. The molecule has 1 aliphatic rings. The second-order valence-corrected chi connectivity index (χ2v) is 7.58. The first kappa shape index (κ1) is 20.6. The summed E-state index contributed by atoms with van der Waals surface area (Å²) >= 11 is 5.91. The Labute approximate surface area is 184 Å². The largest absolute Gasteiger partial charge is 0.311 e. The first-order chi connectivity index (χ1) is 14.9. The monoisotopic (exact) mass is 429 g/mol. The van der Waals surface area contributed by atoms with Gasteiger partial charge in [-0.3, -0.25) is 9.59 Å². The second kappa shape index (κ2) is 8.59. The van der Waals surface area contributed by atoms with E-state index in [1.54, 1.807) is 67.7 Å². The van der Waals surface area contributed by atoms with Crippen LogP contribution < -0.4 is 4.90 Å². The Morgan fingerprint density at radius 1 is 1.00 bits per heavy atom. The van der Waals surface area contributed by atoms with E-state index in [0.717, 1.165) is 5.56 Å². The number of amides is 1. The van der Waals surface area contributed by atoms with Crippen molar-refractivity contribution in [2.45, 2.75) is 6.42 Å². The zero-order valence-corrected chi connectivity index (χ0v) is 17.4. The molecule has 152 valence electrons. The lowest BCUT2D eigenvalue weighted by Crippen LogP contribution is -2.36. The second-order valence-electron chi connectivity index (χ2n) is 7.14. The van der Waals surface area contributed by atoms with Crippen molar-refractivity contribution >= 4 is 35.1 Å². The van der Waals surface area contributed by atoms with Crippen LogP contribution in [0.5, 0.6) is 0 Å². The number of hydrogen-bond acceptors (Lipinski definition) is 2. The summed E-state index contributed by atoms with van der Waals surface area (Å²) in [6.07, 6.45) is 2.04. The summed E-state index contributed by atoms with van der Waals surface area (Å²) in [4.78, 5) is 27.3. The van der Waals surface area contributed by atoms with Gasteiger partial charge in [0.1, 0.15) is 5.82 Å². The molecule has 4 rings (SSSR count). The Balaban J connectivity index is 1.64. The van der Waals surface area contributed by atoms with Crippen LogP contribution in [0.3, 0.4) is 0 Å². The smallest absolute Gasteiger partial charge is 0.262 e. The Kier molecular flexibility index (Phi) is 5.70. The van der Waals surface area contributed by atoms with Crippen molar-refractivity contribution < 1.29 is 14.0 Å². The van der Waals surface area contributed by atoms with Gasteiger partial charge in [-0.15, -0.1) is 0 Å². The molecule has 0 saturated carbocycles. The Bertz CT molecular complexity index is 1270. The van der Waals surface area contributed by atoms with E-state index in [0.29, 0.717) is 33.8 Å². The molecule has 0 aliphatic carbocycles. The van der Waals surface area contributed by atoms with Gasteiger partial charge in [-0.1, -0.05) is 47.7 Å². The molecule has 3 nitrogen and oxygen atoms in total. The number of ketones is 1. The van der Waals surface area contributed by atoms with Crippen LogP contribution in [-0.2, 0) is 11.2 Å². The van der Waals surface area contributed by atoms with Gasteiger partial charge in [-0.2, -0.15) is 0 Å². The van der Waals surface area contributed by atoms with E-state index in [1.165, 1.54) is 17.0 Å². The summed E-state index contributed by atoms with van der Waals surface area (Å²) in [5.41, 5.74) is 3.36. The highest BCUT2D eigenvalue weighted by molar-refractivity contribution is 6.36. The van der Waals surface area contributed by atoms with Crippen molar-refractivity contribution in [3.05, 3.63) is 105 Å². The molecule has 31 heavy (non-hydrogen) atoms. The molecular formula is C26H17ClFNO2. The molecule has 1 heterocycles. The summed E-state index contributed by atoms with van der Waals surface area (Å²) in [7, 11) is 1.64. The quantitative estimate of drug-likeness (QED) is 0.314. The zero-order valence-electron chi connectivity index (χ0n) is 16.7. The number of carbonyl (C=O) groups excluding carboxylic acids is 2. The highest BCUT2D eigenvalue weighted by atomic mass is 35.5. The number of nitrogens with zero attached hydrogens (tertiary/aromatic N) is 1. The number of Topliss-reactive ketones (excluding diaryl/α,β-unsaturated/α-hetero) is 1. The molecule has 5 heteroatoms. The minimum atomic E-state index is -0.359. The Morgan fingerprint density at radius 3 is 2.42 bits per heavy atom. The van der Waals surface area contributed by atoms with Gasteiger partial charge in [-0.05, 0) is 59.7 Å². The van der Waals surface area contributed by atoms with E-state index < -0.39 is 0 Å². The molecule has 3 aromatic carbocycles. The van der Waals surface area contributed by atoms with E-state index in [1.807, 2.05) is 0 Å². The van der Waals surface area contributed by atoms with Crippen molar-refractivity contribution in [2.75, 3.05) is 11.9 Å². The number of fused-ring (bicyclic) bond motifs is 1. The van der Waals surface area contributed by atoms with Crippen LogP contribution in [-0.4, -0.2) is 18.7 Å². The molecule has 1 aliphatic heterocycles. The van der Waals surface area contributed by atoms with Crippen LogP contribution in [0.4, 0.5) is 10.1 Å². The molecule has 0 fully saturated rings. The van der Waals surface area contributed by atoms with Crippen molar-refractivity contribution in [3.8, 4) is 11.8 Å². The SMILES string of the molecule is CN1C(=O)/C(=C\c2ccc(Cl)cc2)C(=O)c2cc(C#CCc3ccc(F)cc3)ccc21. The van der Waals surface area contributed by atoms with Gasteiger partial charge >= 0.3 is 0 Å². The number of benzene rings is 3. The number of rotatable bonds is 2. The van der Waals surface area contributed by atoms with Crippen molar-refractivity contribution in [1.29, 1.82) is 0 Å². The molecular weight excluding hydrogens is 413 g/mol. The lowest BCUT2D eigenvalue weighted by Gasteiger charge is -2.26. The molecule has 0 bridgehead atoms. The summed E-state index contributed by atoms with van der Waals surface area (Å²) in [6.45, 7) is 0. The number of carbonyl (C=O) groups is 2. The van der Waals surface area contributed by atoms with Crippen LogP contribution >= 0.6 is 11.6 Å². The standard InChI is InChI=1S/C26H17ClFNO2/c1-29-24-14-9-18(4-2-3-17-7-12-21(28)13-8-17)15-22(24)25(30)23(26(29)31)16-19-5-10-20(27)11-6-19/h5-16H,3H2,1H3/b23-16-. The van der Waals surface area contributed by atoms with Gasteiger partial charge in [-0.25, -0.2) is 4.39 Å². The van der Waals surface area contributed by atoms with E-state index in [4.69, 9.17) is 11.6 Å². The summed E-state index contributed by atoms with van der Waals surface area (Å²) in [6, 6.07) is 18.3. The minimum absolute atomic E-state index is 0.0914. The maximum Gasteiger partial charge on any atom is 0.262 e. The number of anilines is 1. The molecule has 0 saturated heterocycles. The number of likely N-dealkylation sites (N-methyl/N-ethyl adjacent to an activating group) is 1. The molecule has 0 atom stereocenters. The summed E-state index contributed by atoms with van der Waals surface area (Å²) < 4.78 is 13.0. The fraction of sp³-hybridized carbons (Fsp3) is 0.0769. The van der Waals surface area contributed by atoms with Crippen LogP contribution in [0, 0.1) is 17.7 Å². The lowest BCUT2D eigenvalue weighted by molar-refractivity contribution is -0.114. The maximum absolute atomic E-state index is 13.1. The van der Waals surface area contributed by atoms with Crippen LogP contribution in [0.25, 0.3) is 6.08 Å². The lowest BCUT2D eigenvalue weighted by atomic mass is 9.92. The normalized spacial score (nSPS) is 14.3. The zero-order chi connectivity index (χ0) is 22.0. The third-order valence-electron chi connectivity index (χ3n) is 5.00. The van der Waals surface area contributed by atoms with Gasteiger partial charge in [0.2, 0.25) is 5.78 Å². The number of hydrogen-bond donors (Lipinski definition) is 0. The van der Waals surface area contributed by atoms with Gasteiger partial charge in [0.25, 0.3) is 5.91 Å². The first-order valence-electron chi connectivity index (χ1n) is 9.60. The van der Waals surface area contributed by atoms with E-state index in [-0.39, 0.29) is 23.1 Å². The van der Waals surface area contributed by atoms with E-state index in [2.05, 4.69) is 11.8 Å². The van der Waals surface area contributed by atoms with Crippen molar-refractivity contribution in [1.82, 2.24) is 0 Å². The molecule has 1 amide bonds. The summed E-state index contributed by atoms with van der Waals surface area (Å²) in [5, 5.41) is 0.578. The molecule has 0 unspecified atom stereocenters. The van der Waals surface area contributed by atoms with Gasteiger partial charge in [0.05, 0.1) is 11.3 Å². The molecule has 0 spiro atoms. The summed E-state index contributed by atoms with van der Waals surface area (Å²) in [5.74, 6) is 5.10. The van der Waals surface area contributed by atoms with Crippen LogP contribution in [0.1, 0.15) is 27.0 Å². The minimum Gasteiger partial charge on any atom is -0.311 e. The van der Waals surface area contributed by atoms with Gasteiger partial charge in [0.15, 0.2) is 0 Å². The Hall–Kier alpha value is -3.68. The fourth-order valence-electron chi connectivity index (χ4n) is 3.32. The average molecular weight is 430 g/mol. The van der Waals surface area contributed by atoms with Gasteiger partial charge in [0, 0.05) is 29.6 Å². The van der Waals surface area contributed by atoms with Crippen LogP contribution in [0.2, 0.25) is 5.02 Å². The van der Waals surface area contributed by atoms with E-state index >= 15 is 0 Å². The van der Waals surface area contributed by atoms with Crippen molar-refractivity contribution in [2.24, 2.45) is 0 Å². The third kappa shape index (κ3) is 4.42. The van der Waals surface area contributed by atoms with Gasteiger partial charge < -0.3 is 4.90 Å². The first-order valence-corrected chi connectivity index (χ1v) is 9.97. The molecule has 0 aromatic heterocycles. The molecule has 3 aromatic rings. The maximum atomic E-state index is 13.1. The average Bonchev–Trinajstić information content (AvgIpc) is 2.78. The third-order valence-corrected chi connectivity index (χ3v) is 5.25. The highest BCUT2D eigenvalue weighted by Crippen LogP contribution is 2.31. The Morgan fingerprint density at radius 2 is 1.71 bits per heavy atom. The topological polar surface area (TPSA) is 37.4 Å². The predicted octanol–water partition coefficient (Wildman–Crippen LogP) is 5.32. The fourth-order valence-corrected chi connectivity index (χ4v) is 3.45. The molecule has 0 N–H and O–H groups in total.